The minimum absolute atomic E-state index is 0.139. The van der Waals surface area contributed by atoms with Crippen LogP contribution < -0.4 is 20.1 Å². The Morgan fingerprint density at radius 1 is 1.15 bits per heavy atom. The number of aryl methyl sites for hydroxylation is 1. The molecule has 3 aromatic rings. The number of ether oxygens (including phenoxy) is 2. The summed E-state index contributed by atoms with van der Waals surface area (Å²) < 4.78 is 13.3. The number of hydrogen-bond donors (Lipinski definition) is 2. The smallest absolute Gasteiger partial charge is 0.260 e. The molecule has 1 unspecified atom stereocenters. The zero-order valence-corrected chi connectivity index (χ0v) is 23.1. The molecular weight excluding hydrogens is 604 g/mol. The molecule has 9 heteroatoms. The first-order chi connectivity index (χ1) is 16.3. The second kappa shape index (κ2) is 11.1. The molecule has 0 saturated carbocycles. The summed E-state index contributed by atoms with van der Waals surface area (Å²) in [5.74, 6) is 1.04. The second-order valence-electron chi connectivity index (χ2n) is 7.53. The van der Waals surface area contributed by atoms with Crippen molar-refractivity contribution in [1.82, 2.24) is 5.32 Å². The standard InChI is InChI=1S/C25H21Br2ClN2O3S/c1-14-9-18(28)7-8-20(14)29-25-30-24(31)22(34-25)12-16-10-19(27)23(21(11-16)32-2)33-13-15-3-5-17(26)6-4-15/h3-12,25,29H,13H2,1-2H3,(H,30,31)/b22-12-. The number of anilines is 1. The first-order valence-electron chi connectivity index (χ1n) is 10.3. The van der Waals surface area contributed by atoms with Gasteiger partial charge in [0.1, 0.15) is 6.61 Å². The first kappa shape index (κ1) is 25.0. The molecule has 0 radical (unpaired) electrons. The Kier molecular flexibility index (Phi) is 8.14. The molecule has 0 aliphatic carbocycles. The van der Waals surface area contributed by atoms with E-state index in [-0.39, 0.29) is 11.4 Å². The van der Waals surface area contributed by atoms with Gasteiger partial charge in [0, 0.05) is 15.2 Å². The number of amides is 1. The van der Waals surface area contributed by atoms with Gasteiger partial charge in [0.25, 0.3) is 5.91 Å². The highest BCUT2D eigenvalue weighted by Crippen LogP contribution is 2.39. The zero-order chi connectivity index (χ0) is 24.2. The summed E-state index contributed by atoms with van der Waals surface area (Å²) in [5.41, 5.74) is 3.50. The fourth-order valence-electron chi connectivity index (χ4n) is 3.35. The molecule has 1 fully saturated rings. The molecule has 0 bridgehead atoms. The van der Waals surface area contributed by atoms with Crippen LogP contribution in [0.4, 0.5) is 5.69 Å². The van der Waals surface area contributed by atoms with E-state index in [1.807, 2.05) is 67.6 Å². The molecule has 5 nitrogen and oxygen atoms in total. The van der Waals surface area contributed by atoms with Crippen LogP contribution in [0.3, 0.4) is 0 Å². The Bertz CT molecular complexity index is 1250. The van der Waals surface area contributed by atoms with Gasteiger partial charge in [-0.05, 0) is 88.1 Å². The number of carbonyl (C=O) groups is 1. The SMILES string of the molecule is COc1cc(/C=C2\SC(Nc3ccc(Cl)cc3C)NC2=O)cc(Br)c1OCc1ccc(Br)cc1. The van der Waals surface area contributed by atoms with E-state index in [9.17, 15) is 4.79 Å². The fourth-order valence-corrected chi connectivity index (χ4v) is 5.39. The van der Waals surface area contributed by atoms with E-state index < -0.39 is 0 Å². The van der Waals surface area contributed by atoms with Gasteiger partial charge in [0.05, 0.1) is 16.5 Å². The largest absolute Gasteiger partial charge is 0.493 e. The maximum absolute atomic E-state index is 12.6. The number of carbonyl (C=O) groups excluding carboxylic acids is 1. The molecule has 1 aliphatic heterocycles. The lowest BCUT2D eigenvalue weighted by Crippen LogP contribution is -2.31. The van der Waals surface area contributed by atoms with E-state index in [0.717, 1.165) is 31.3 Å². The Morgan fingerprint density at radius 3 is 2.62 bits per heavy atom. The van der Waals surface area contributed by atoms with Crippen molar-refractivity contribution >= 4 is 72.9 Å². The van der Waals surface area contributed by atoms with Gasteiger partial charge in [-0.15, -0.1) is 0 Å². The first-order valence-corrected chi connectivity index (χ1v) is 13.1. The number of rotatable bonds is 7. The van der Waals surface area contributed by atoms with Crippen molar-refractivity contribution in [2.24, 2.45) is 0 Å². The summed E-state index contributed by atoms with van der Waals surface area (Å²) in [5, 5.41) is 6.96. The van der Waals surface area contributed by atoms with Crippen molar-refractivity contribution in [3.63, 3.8) is 0 Å². The molecule has 0 spiro atoms. The molecule has 1 saturated heterocycles. The summed E-state index contributed by atoms with van der Waals surface area (Å²) in [6.07, 6.45) is 1.84. The normalized spacial score (nSPS) is 16.4. The molecule has 1 atom stereocenters. The van der Waals surface area contributed by atoms with Crippen molar-refractivity contribution in [2.75, 3.05) is 12.4 Å². The van der Waals surface area contributed by atoms with E-state index in [1.165, 1.54) is 11.8 Å². The van der Waals surface area contributed by atoms with Gasteiger partial charge < -0.3 is 20.1 Å². The van der Waals surface area contributed by atoms with Crippen molar-refractivity contribution in [3.05, 3.63) is 90.2 Å². The van der Waals surface area contributed by atoms with Crippen LogP contribution in [-0.2, 0) is 11.4 Å². The Balaban J connectivity index is 1.49. The highest BCUT2D eigenvalue weighted by atomic mass is 79.9. The summed E-state index contributed by atoms with van der Waals surface area (Å²) in [6.45, 7) is 2.37. The number of halogens is 3. The van der Waals surface area contributed by atoms with Crippen LogP contribution in [0.25, 0.3) is 6.08 Å². The minimum atomic E-state index is -0.280. The van der Waals surface area contributed by atoms with Crippen LogP contribution in [0.1, 0.15) is 16.7 Å². The van der Waals surface area contributed by atoms with Crippen molar-refractivity contribution in [2.45, 2.75) is 19.0 Å². The minimum Gasteiger partial charge on any atom is -0.493 e. The summed E-state index contributed by atoms with van der Waals surface area (Å²) >= 11 is 14.5. The van der Waals surface area contributed by atoms with Gasteiger partial charge in [-0.3, -0.25) is 4.79 Å². The van der Waals surface area contributed by atoms with Gasteiger partial charge in [-0.1, -0.05) is 51.4 Å². The quantitative estimate of drug-likeness (QED) is 0.269. The van der Waals surface area contributed by atoms with Crippen molar-refractivity contribution in [1.29, 1.82) is 0 Å². The number of benzene rings is 3. The van der Waals surface area contributed by atoms with E-state index >= 15 is 0 Å². The number of hydrogen-bond acceptors (Lipinski definition) is 5. The molecule has 0 aromatic heterocycles. The molecule has 3 aromatic carbocycles. The van der Waals surface area contributed by atoms with E-state index in [1.54, 1.807) is 7.11 Å². The fraction of sp³-hybridized carbons (Fsp3) is 0.160. The van der Waals surface area contributed by atoms with Crippen LogP contribution in [-0.4, -0.2) is 18.5 Å². The summed E-state index contributed by atoms with van der Waals surface area (Å²) in [4.78, 5) is 13.2. The highest BCUT2D eigenvalue weighted by molar-refractivity contribution is 9.10. The Hall–Kier alpha value is -2.13. The van der Waals surface area contributed by atoms with Gasteiger partial charge in [-0.2, -0.15) is 0 Å². The van der Waals surface area contributed by atoms with Crippen LogP contribution in [0.2, 0.25) is 5.02 Å². The molecular formula is C25H21Br2ClN2O3S. The predicted molar refractivity (Wildman–Crippen MR) is 146 cm³/mol. The summed E-state index contributed by atoms with van der Waals surface area (Å²) in [6, 6.07) is 17.3. The third-order valence-electron chi connectivity index (χ3n) is 5.05. The van der Waals surface area contributed by atoms with Crippen molar-refractivity contribution in [3.8, 4) is 11.5 Å². The van der Waals surface area contributed by atoms with Crippen molar-refractivity contribution < 1.29 is 14.3 Å². The van der Waals surface area contributed by atoms with Gasteiger partial charge in [0.2, 0.25) is 0 Å². The lowest BCUT2D eigenvalue weighted by Gasteiger charge is -2.15. The molecule has 2 N–H and O–H groups in total. The van der Waals surface area contributed by atoms with E-state index in [2.05, 4.69) is 42.5 Å². The average molecular weight is 625 g/mol. The monoisotopic (exact) mass is 622 g/mol. The number of thioether (sulfide) groups is 1. The van der Waals surface area contributed by atoms with Crippen LogP contribution in [0, 0.1) is 6.92 Å². The Labute approximate surface area is 224 Å². The maximum atomic E-state index is 12.6. The highest BCUT2D eigenvalue weighted by Gasteiger charge is 2.27. The lowest BCUT2D eigenvalue weighted by molar-refractivity contribution is -0.116. The Morgan fingerprint density at radius 2 is 1.91 bits per heavy atom. The molecule has 4 rings (SSSR count). The third kappa shape index (κ3) is 6.10. The second-order valence-corrected chi connectivity index (χ2v) is 10.9. The lowest BCUT2D eigenvalue weighted by atomic mass is 10.2. The predicted octanol–water partition coefficient (Wildman–Crippen LogP) is 7.36. The molecule has 1 heterocycles. The molecule has 1 aliphatic rings. The van der Waals surface area contributed by atoms with Crippen LogP contribution >= 0.6 is 55.2 Å². The van der Waals surface area contributed by atoms with E-state index in [4.69, 9.17) is 21.1 Å². The van der Waals surface area contributed by atoms with Crippen LogP contribution in [0.5, 0.6) is 11.5 Å². The maximum Gasteiger partial charge on any atom is 0.260 e. The molecule has 34 heavy (non-hydrogen) atoms. The topological polar surface area (TPSA) is 59.6 Å². The van der Waals surface area contributed by atoms with Gasteiger partial charge >= 0.3 is 0 Å². The number of nitrogens with one attached hydrogen (secondary N) is 2. The molecule has 176 valence electrons. The molecule has 1 amide bonds. The van der Waals surface area contributed by atoms with Gasteiger partial charge in [0.15, 0.2) is 17.0 Å². The third-order valence-corrected chi connectivity index (χ3v) is 7.43. The number of methoxy groups -OCH3 is 1. The average Bonchev–Trinajstić information content (AvgIpc) is 3.14. The van der Waals surface area contributed by atoms with Crippen LogP contribution in [0.15, 0.2) is 68.4 Å². The van der Waals surface area contributed by atoms with E-state index in [0.29, 0.717) is 28.0 Å². The zero-order valence-electron chi connectivity index (χ0n) is 18.3. The van der Waals surface area contributed by atoms with Gasteiger partial charge in [-0.25, -0.2) is 0 Å². The summed E-state index contributed by atoms with van der Waals surface area (Å²) in [7, 11) is 1.59.